The molecule has 230 valence electrons. The predicted molar refractivity (Wildman–Crippen MR) is 160 cm³/mol. The molecule has 0 unspecified atom stereocenters. The van der Waals surface area contributed by atoms with E-state index < -0.39 is 0 Å². The smallest absolute Gasteiger partial charge is 0.257 e. The summed E-state index contributed by atoms with van der Waals surface area (Å²) in [5, 5.41) is 16.3. The monoisotopic (exact) mass is 600 g/mol. The Kier molecular flexibility index (Phi) is 8.46. The van der Waals surface area contributed by atoms with Gasteiger partial charge in [-0.3, -0.25) is 14.5 Å². The number of carbonyl (C=O) groups excluding carboxylic acids is 2. The molecule has 13 heteroatoms. The molecule has 2 aliphatic rings. The van der Waals surface area contributed by atoms with E-state index in [0.29, 0.717) is 61.9 Å². The standard InChI is InChI=1S/C31H36N8O5/c1-36-13-11-32-29(40)15-22-17-37(16-21-14-24(42-2)8-9-26(21)38-12-5-10-33-38)19-27(22)39-18-23(34-35-39)20-44-30-25(31(36)41)6-4-7-28(30)43-3/h4-10,12,14,18,22,27H,11,13,15-17,19-20H2,1-3H3,(H,32,40)/t22-,27+/m0/s1. The van der Waals surface area contributed by atoms with Crippen molar-refractivity contribution in [2.75, 3.05) is 47.4 Å². The molecule has 0 spiro atoms. The maximum Gasteiger partial charge on any atom is 0.257 e. The number of rotatable bonds is 5. The van der Waals surface area contributed by atoms with E-state index in [1.807, 2.05) is 46.0 Å². The zero-order chi connectivity index (χ0) is 30.6. The number of benzene rings is 2. The van der Waals surface area contributed by atoms with Crippen molar-refractivity contribution in [3.8, 4) is 22.9 Å². The van der Waals surface area contributed by atoms with Gasteiger partial charge in [-0.15, -0.1) is 5.10 Å². The molecule has 6 rings (SSSR count). The molecular formula is C31H36N8O5. The second-order valence-corrected chi connectivity index (χ2v) is 11.1. The summed E-state index contributed by atoms with van der Waals surface area (Å²) in [7, 11) is 4.89. The van der Waals surface area contributed by atoms with Crippen LogP contribution in [0.3, 0.4) is 0 Å². The number of amides is 2. The molecule has 2 aliphatic heterocycles. The Morgan fingerprint density at radius 3 is 2.77 bits per heavy atom. The summed E-state index contributed by atoms with van der Waals surface area (Å²) in [5.74, 6) is 1.24. The molecule has 2 bridgehead atoms. The number of hydrogen-bond donors (Lipinski definition) is 1. The molecule has 0 saturated carbocycles. The third-order valence-corrected chi connectivity index (χ3v) is 8.17. The lowest BCUT2D eigenvalue weighted by Gasteiger charge is -2.21. The van der Waals surface area contributed by atoms with Crippen molar-refractivity contribution in [3.63, 3.8) is 0 Å². The molecule has 4 heterocycles. The molecule has 1 fully saturated rings. The van der Waals surface area contributed by atoms with Crippen LogP contribution < -0.4 is 19.5 Å². The minimum Gasteiger partial charge on any atom is -0.497 e. The Hall–Kier alpha value is -4.91. The first-order valence-electron chi connectivity index (χ1n) is 14.6. The zero-order valence-electron chi connectivity index (χ0n) is 25.0. The number of fused-ring (bicyclic) bond motifs is 5. The molecule has 1 saturated heterocycles. The van der Waals surface area contributed by atoms with Gasteiger partial charge in [-0.1, -0.05) is 11.3 Å². The van der Waals surface area contributed by atoms with E-state index in [1.54, 1.807) is 43.5 Å². The fourth-order valence-electron chi connectivity index (χ4n) is 5.92. The van der Waals surface area contributed by atoms with Gasteiger partial charge in [0.05, 0.1) is 37.7 Å². The van der Waals surface area contributed by atoms with E-state index in [2.05, 4.69) is 25.6 Å². The lowest BCUT2D eigenvalue weighted by atomic mass is 9.99. The van der Waals surface area contributed by atoms with Crippen molar-refractivity contribution in [2.24, 2.45) is 5.92 Å². The van der Waals surface area contributed by atoms with Crippen molar-refractivity contribution in [1.82, 2.24) is 39.9 Å². The number of ether oxygens (including phenoxy) is 3. The highest BCUT2D eigenvalue weighted by molar-refractivity contribution is 5.97. The Balaban J connectivity index is 1.28. The molecule has 44 heavy (non-hydrogen) atoms. The van der Waals surface area contributed by atoms with Gasteiger partial charge in [-0.2, -0.15) is 5.10 Å². The zero-order valence-corrected chi connectivity index (χ0v) is 25.0. The molecule has 0 aliphatic carbocycles. The van der Waals surface area contributed by atoms with Gasteiger partial charge in [-0.25, -0.2) is 9.36 Å². The molecule has 2 amide bonds. The van der Waals surface area contributed by atoms with Crippen LogP contribution in [-0.4, -0.2) is 93.8 Å². The summed E-state index contributed by atoms with van der Waals surface area (Å²) in [5.41, 5.74) is 3.00. The molecular weight excluding hydrogens is 564 g/mol. The highest BCUT2D eigenvalue weighted by Crippen LogP contribution is 2.34. The maximum absolute atomic E-state index is 13.3. The third-order valence-electron chi connectivity index (χ3n) is 8.17. The molecule has 4 aromatic rings. The van der Waals surface area contributed by atoms with Crippen molar-refractivity contribution in [1.29, 1.82) is 0 Å². The second kappa shape index (κ2) is 12.8. The van der Waals surface area contributed by atoms with Gasteiger partial charge in [-0.05, 0) is 42.0 Å². The van der Waals surface area contributed by atoms with Gasteiger partial charge in [0.25, 0.3) is 5.91 Å². The minimum absolute atomic E-state index is 0.0164. The Morgan fingerprint density at radius 2 is 1.98 bits per heavy atom. The van der Waals surface area contributed by atoms with E-state index in [9.17, 15) is 9.59 Å². The Morgan fingerprint density at radius 1 is 1.09 bits per heavy atom. The van der Waals surface area contributed by atoms with Crippen molar-refractivity contribution in [3.05, 3.63) is 77.9 Å². The molecule has 0 radical (unpaired) electrons. The van der Waals surface area contributed by atoms with Gasteiger partial charge >= 0.3 is 0 Å². The molecule has 2 aromatic heterocycles. The second-order valence-electron chi connectivity index (χ2n) is 11.1. The predicted octanol–water partition coefficient (Wildman–Crippen LogP) is 2.33. The van der Waals surface area contributed by atoms with Gasteiger partial charge in [0, 0.05) is 64.5 Å². The number of carbonyl (C=O) groups is 2. The average molecular weight is 601 g/mol. The molecule has 2 atom stereocenters. The van der Waals surface area contributed by atoms with Crippen LogP contribution in [0.2, 0.25) is 0 Å². The number of likely N-dealkylation sites (N-methyl/N-ethyl adjacent to an activating group) is 1. The largest absolute Gasteiger partial charge is 0.497 e. The number of likely N-dealkylation sites (tertiary alicyclic amines) is 1. The van der Waals surface area contributed by atoms with E-state index in [-0.39, 0.29) is 30.4 Å². The van der Waals surface area contributed by atoms with Crippen LogP contribution in [0.1, 0.15) is 34.1 Å². The number of hydrogen-bond acceptors (Lipinski definition) is 9. The first kappa shape index (κ1) is 29.2. The van der Waals surface area contributed by atoms with Crippen LogP contribution in [0.5, 0.6) is 17.2 Å². The highest BCUT2D eigenvalue weighted by Gasteiger charge is 2.37. The number of aromatic nitrogens is 5. The minimum atomic E-state index is -0.234. The molecule has 13 nitrogen and oxygen atoms in total. The van der Waals surface area contributed by atoms with Gasteiger partial charge < -0.3 is 24.4 Å². The van der Waals surface area contributed by atoms with E-state index in [1.165, 1.54) is 7.11 Å². The summed E-state index contributed by atoms with van der Waals surface area (Å²) in [6, 6.07) is 13.0. The average Bonchev–Trinajstić information content (AvgIpc) is 3.81. The van der Waals surface area contributed by atoms with E-state index >= 15 is 0 Å². The van der Waals surface area contributed by atoms with E-state index in [4.69, 9.17) is 14.2 Å². The number of methoxy groups -OCH3 is 2. The number of para-hydroxylation sites is 1. The van der Waals surface area contributed by atoms with Crippen LogP contribution in [0.4, 0.5) is 0 Å². The lowest BCUT2D eigenvalue weighted by molar-refractivity contribution is -0.122. The van der Waals surface area contributed by atoms with Crippen LogP contribution in [0.15, 0.2) is 61.1 Å². The van der Waals surface area contributed by atoms with Crippen LogP contribution in [0, 0.1) is 5.92 Å². The van der Waals surface area contributed by atoms with Gasteiger partial charge in [0.15, 0.2) is 11.5 Å². The van der Waals surface area contributed by atoms with Crippen molar-refractivity contribution >= 4 is 11.8 Å². The summed E-state index contributed by atoms with van der Waals surface area (Å²) in [6.45, 7) is 2.76. The lowest BCUT2D eigenvalue weighted by Crippen LogP contribution is -2.37. The van der Waals surface area contributed by atoms with Crippen LogP contribution in [0.25, 0.3) is 5.69 Å². The topological polar surface area (TPSA) is 129 Å². The summed E-state index contributed by atoms with van der Waals surface area (Å²) in [4.78, 5) is 30.4. The molecule has 2 aromatic carbocycles. The van der Waals surface area contributed by atoms with Crippen molar-refractivity contribution in [2.45, 2.75) is 25.6 Å². The Labute approximate surface area is 255 Å². The fraction of sp³-hybridized carbons (Fsp3) is 0.387. The quantitative estimate of drug-likeness (QED) is 0.367. The fourth-order valence-corrected chi connectivity index (χ4v) is 5.92. The highest BCUT2D eigenvalue weighted by atomic mass is 16.5. The van der Waals surface area contributed by atoms with Crippen LogP contribution >= 0.6 is 0 Å². The summed E-state index contributed by atoms with van der Waals surface area (Å²) in [6.07, 6.45) is 5.84. The maximum atomic E-state index is 13.3. The SMILES string of the molecule is COc1ccc(-n2cccn2)c(CN2C[C@@H]3CC(=O)NCCN(C)C(=O)c4cccc(OC)c4OCc4cn(nn4)[C@@H]3C2)c1. The van der Waals surface area contributed by atoms with Crippen molar-refractivity contribution < 1.29 is 23.8 Å². The summed E-state index contributed by atoms with van der Waals surface area (Å²) >= 11 is 0. The van der Waals surface area contributed by atoms with E-state index in [0.717, 1.165) is 17.0 Å². The third kappa shape index (κ3) is 6.09. The first-order chi connectivity index (χ1) is 21.4. The normalized spacial score (nSPS) is 19.6. The van der Waals surface area contributed by atoms with Gasteiger partial charge in [0.2, 0.25) is 5.91 Å². The van der Waals surface area contributed by atoms with Gasteiger partial charge in [0.1, 0.15) is 18.1 Å². The van der Waals surface area contributed by atoms with Crippen LogP contribution in [-0.2, 0) is 17.9 Å². The molecule has 1 N–H and O–H groups in total. The number of nitrogens with zero attached hydrogens (tertiary/aromatic N) is 7. The first-order valence-corrected chi connectivity index (χ1v) is 14.6. The number of nitrogens with one attached hydrogen (secondary N) is 1. The summed E-state index contributed by atoms with van der Waals surface area (Å²) < 4.78 is 20.8. The Bertz CT molecular complexity index is 1620.